The summed E-state index contributed by atoms with van der Waals surface area (Å²) in [5, 5.41) is 2.86. The summed E-state index contributed by atoms with van der Waals surface area (Å²) < 4.78 is 0. The van der Waals surface area contributed by atoms with Crippen molar-refractivity contribution in [3.63, 3.8) is 0 Å². The number of nitrogens with zero attached hydrogens (tertiary/aromatic N) is 3. The fraction of sp³-hybridized carbons (Fsp3) is 0.583. The second-order valence-electron chi connectivity index (χ2n) is 4.62. The van der Waals surface area contributed by atoms with Crippen LogP contribution in [0.1, 0.15) is 19.5 Å². The van der Waals surface area contributed by atoms with Gasteiger partial charge in [-0.2, -0.15) is 0 Å². The Morgan fingerprint density at radius 1 is 1.44 bits per heavy atom. The Hall–Kier alpha value is -1.69. The van der Waals surface area contributed by atoms with Crippen molar-refractivity contribution >= 4 is 11.7 Å². The van der Waals surface area contributed by atoms with E-state index < -0.39 is 0 Å². The van der Waals surface area contributed by atoms with Crippen LogP contribution in [0.2, 0.25) is 0 Å². The molecular weight excluding hydrogens is 230 g/mol. The highest BCUT2D eigenvalue weighted by atomic mass is 16.2. The molecule has 0 aliphatic rings. The van der Waals surface area contributed by atoms with Crippen molar-refractivity contribution in [3.8, 4) is 0 Å². The van der Waals surface area contributed by atoms with Crippen LogP contribution in [0.15, 0.2) is 12.4 Å². The zero-order chi connectivity index (χ0) is 13.5. The summed E-state index contributed by atoms with van der Waals surface area (Å²) in [7, 11) is 1.81. The molecule has 1 aromatic rings. The Morgan fingerprint density at radius 2 is 2.17 bits per heavy atom. The van der Waals surface area contributed by atoms with Crippen molar-refractivity contribution in [2.75, 3.05) is 25.0 Å². The average molecular weight is 251 g/mol. The van der Waals surface area contributed by atoms with Gasteiger partial charge in [-0.25, -0.2) is 4.98 Å². The van der Waals surface area contributed by atoms with Crippen molar-refractivity contribution in [1.29, 1.82) is 0 Å². The van der Waals surface area contributed by atoms with Crippen LogP contribution in [-0.4, -0.2) is 36.0 Å². The number of nitrogens with two attached hydrogens (primary N) is 1. The number of amides is 1. The predicted molar refractivity (Wildman–Crippen MR) is 71.0 cm³/mol. The maximum Gasteiger partial charge on any atom is 0.239 e. The molecule has 3 N–H and O–H groups in total. The van der Waals surface area contributed by atoms with E-state index in [1.165, 1.54) is 0 Å². The van der Waals surface area contributed by atoms with Crippen LogP contribution in [0.25, 0.3) is 0 Å². The molecule has 1 heterocycles. The van der Waals surface area contributed by atoms with Crippen LogP contribution in [0, 0.1) is 5.92 Å². The third-order valence-electron chi connectivity index (χ3n) is 2.38. The number of rotatable bonds is 6. The zero-order valence-corrected chi connectivity index (χ0v) is 11.2. The first-order chi connectivity index (χ1) is 8.52. The van der Waals surface area contributed by atoms with E-state index in [4.69, 9.17) is 5.73 Å². The fourth-order valence-electron chi connectivity index (χ4n) is 1.32. The maximum atomic E-state index is 11.6. The van der Waals surface area contributed by atoms with E-state index in [2.05, 4.69) is 29.1 Å². The lowest BCUT2D eigenvalue weighted by atomic mass is 10.2. The Bertz CT molecular complexity index is 377. The number of nitrogens with one attached hydrogen (secondary N) is 1. The topological polar surface area (TPSA) is 84.1 Å². The van der Waals surface area contributed by atoms with Gasteiger partial charge < -0.3 is 16.0 Å². The van der Waals surface area contributed by atoms with Crippen LogP contribution in [0.5, 0.6) is 0 Å². The minimum Gasteiger partial charge on any atom is -0.354 e. The van der Waals surface area contributed by atoms with Gasteiger partial charge in [0.2, 0.25) is 5.91 Å². The smallest absolute Gasteiger partial charge is 0.239 e. The van der Waals surface area contributed by atoms with Gasteiger partial charge in [0.05, 0.1) is 24.6 Å². The molecule has 18 heavy (non-hydrogen) atoms. The first kappa shape index (κ1) is 14.4. The molecule has 0 saturated carbocycles. The maximum absolute atomic E-state index is 11.6. The van der Waals surface area contributed by atoms with Crippen molar-refractivity contribution in [3.05, 3.63) is 18.1 Å². The molecule has 1 rings (SSSR count). The van der Waals surface area contributed by atoms with Crippen molar-refractivity contribution in [1.82, 2.24) is 15.3 Å². The molecule has 6 nitrogen and oxygen atoms in total. The van der Waals surface area contributed by atoms with E-state index in [1.807, 2.05) is 0 Å². The molecule has 0 saturated heterocycles. The summed E-state index contributed by atoms with van der Waals surface area (Å²) in [6, 6.07) is 0. The Balaban J connectivity index is 2.48. The summed E-state index contributed by atoms with van der Waals surface area (Å²) >= 11 is 0. The molecule has 0 spiro atoms. The minimum absolute atomic E-state index is 0.0177. The van der Waals surface area contributed by atoms with Crippen molar-refractivity contribution < 1.29 is 4.79 Å². The molecule has 0 aromatic carbocycles. The molecule has 0 atom stereocenters. The van der Waals surface area contributed by atoms with Gasteiger partial charge in [0.1, 0.15) is 5.82 Å². The Labute approximate surface area is 108 Å². The lowest BCUT2D eigenvalue weighted by molar-refractivity contribution is -0.119. The second kappa shape index (κ2) is 6.90. The lowest BCUT2D eigenvalue weighted by Gasteiger charge is -2.17. The molecule has 1 amide bonds. The quantitative estimate of drug-likeness (QED) is 0.751. The lowest BCUT2D eigenvalue weighted by Crippen LogP contribution is -2.37. The van der Waals surface area contributed by atoms with Crippen LogP contribution >= 0.6 is 0 Å². The molecule has 0 fully saturated rings. The van der Waals surface area contributed by atoms with E-state index in [-0.39, 0.29) is 12.5 Å². The summed E-state index contributed by atoms with van der Waals surface area (Å²) in [4.78, 5) is 21.7. The first-order valence-corrected chi connectivity index (χ1v) is 6.01. The van der Waals surface area contributed by atoms with E-state index in [9.17, 15) is 4.79 Å². The summed E-state index contributed by atoms with van der Waals surface area (Å²) in [5.74, 6) is 1.09. The standard InChI is InChI=1S/C12H21N5O/c1-9(2)5-16-12(18)8-17(3)11-7-14-10(4-13)6-15-11/h6-7,9H,4-5,8,13H2,1-3H3,(H,16,18). The minimum atomic E-state index is -0.0177. The average Bonchev–Trinajstić information content (AvgIpc) is 2.36. The highest BCUT2D eigenvalue weighted by molar-refractivity contribution is 5.80. The summed E-state index contributed by atoms with van der Waals surface area (Å²) in [6.45, 7) is 5.43. The number of carbonyl (C=O) groups excluding carboxylic acids is 1. The Morgan fingerprint density at radius 3 is 2.67 bits per heavy atom. The third kappa shape index (κ3) is 4.67. The number of aromatic nitrogens is 2. The van der Waals surface area contributed by atoms with Gasteiger partial charge in [-0.15, -0.1) is 0 Å². The fourth-order valence-corrected chi connectivity index (χ4v) is 1.32. The van der Waals surface area contributed by atoms with Crippen molar-refractivity contribution in [2.45, 2.75) is 20.4 Å². The molecule has 0 radical (unpaired) electrons. The van der Waals surface area contributed by atoms with Gasteiger partial charge >= 0.3 is 0 Å². The van der Waals surface area contributed by atoms with Gasteiger partial charge in [-0.1, -0.05) is 13.8 Å². The molecule has 0 aliphatic carbocycles. The molecule has 0 unspecified atom stereocenters. The van der Waals surface area contributed by atoms with Crippen LogP contribution in [0.4, 0.5) is 5.82 Å². The molecule has 1 aromatic heterocycles. The monoisotopic (exact) mass is 251 g/mol. The molecule has 0 aliphatic heterocycles. The SMILES string of the molecule is CC(C)CNC(=O)CN(C)c1cnc(CN)cn1. The van der Waals surface area contributed by atoms with Crippen LogP contribution in [0.3, 0.4) is 0 Å². The van der Waals surface area contributed by atoms with Crippen molar-refractivity contribution in [2.24, 2.45) is 11.7 Å². The van der Waals surface area contributed by atoms with E-state index >= 15 is 0 Å². The van der Waals surface area contributed by atoms with E-state index in [1.54, 1.807) is 24.3 Å². The van der Waals surface area contributed by atoms with Gasteiger partial charge in [0.15, 0.2) is 0 Å². The van der Waals surface area contributed by atoms with E-state index in [0.717, 1.165) is 5.69 Å². The molecule has 0 bridgehead atoms. The number of hydrogen-bond donors (Lipinski definition) is 2. The van der Waals surface area contributed by atoms with Crippen LogP contribution in [-0.2, 0) is 11.3 Å². The number of likely N-dealkylation sites (N-methyl/N-ethyl adjacent to an activating group) is 1. The number of anilines is 1. The third-order valence-corrected chi connectivity index (χ3v) is 2.38. The van der Waals surface area contributed by atoms with Gasteiger partial charge in [0.25, 0.3) is 0 Å². The molecule has 100 valence electrons. The summed E-state index contributed by atoms with van der Waals surface area (Å²) in [6.07, 6.45) is 3.25. The van der Waals surface area contributed by atoms with Gasteiger partial charge in [-0.05, 0) is 5.92 Å². The van der Waals surface area contributed by atoms with Gasteiger partial charge in [-0.3, -0.25) is 9.78 Å². The molecular formula is C12H21N5O. The largest absolute Gasteiger partial charge is 0.354 e. The Kier molecular flexibility index (Phi) is 5.51. The summed E-state index contributed by atoms with van der Waals surface area (Å²) in [5.41, 5.74) is 6.18. The predicted octanol–water partition coefficient (Wildman–Crippen LogP) is 0.144. The number of carbonyl (C=O) groups is 1. The second-order valence-corrected chi connectivity index (χ2v) is 4.62. The highest BCUT2D eigenvalue weighted by Crippen LogP contribution is 2.05. The number of hydrogen-bond acceptors (Lipinski definition) is 5. The van der Waals surface area contributed by atoms with E-state index in [0.29, 0.717) is 24.8 Å². The normalized spacial score (nSPS) is 10.5. The zero-order valence-electron chi connectivity index (χ0n) is 11.2. The first-order valence-electron chi connectivity index (χ1n) is 6.01. The molecule has 6 heteroatoms. The highest BCUT2D eigenvalue weighted by Gasteiger charge is 2.09. The van der Waals surface area contributed by atoms with Crippen LogP contribution < -0.4 is 16.0 Å². The van der Waals surface area contributed by atoms with Gasteiger partial charge in [0, 0.05) is 20.1 Å².